The molecule has 2 amide bonds. The van der Waals surface area contributed by atoms with Crippen LogP contribution in [0.2, 0.25) is 0 Å². The van der Waals surface area contributed by atoms with Crippen LogP contribution in [-0.4, -0.2) is 48.7 Å². The van der Waals surface area contributed by atoms with E-state index in [2.05, 4.69) is 16.0 Å². The zero-order chi connectivity index (χ0) is 33.6. The summed E-state index contributed by atoms with van der Waals surface area (Å²) < 4.78 is 14.4. The molecule has 0 atom stereocenters. The second kappa shape index (κ2) is 12.2. The van der Waals surface area contributed by atoms with Crippen LogP contribution in [0.5, 0.6) is 0 Å². The summed E-state index contributed by atoms with van der Waals surface area (Å²) in [7, 11) is 1.77. The molecule has 5 aromatic rings. The van der Waals surface area contributed by atoms with Gasteiger partial charge in [0.1, 0.15) is 17.2 Å². The number of hydrogen-bond acceptors (Lipinski definition) is 8. The predicted octanol–water partition coefficient (Wildman–Crippen LogP) is 6.66. The van der Waals surface area contributed by atoms with Gasteiger partial charge in [0.25, 0.3) is 0 Å². The van der Waals surface area contributed by atoms with Crippen molar-refractivity contribution in [2.24, 2.45) is 7.05 Å². The second-order valence-electron chi connectivity index (χ2n) is 12.4. The van der Waals surface area contributed by atoms with Gasteiger partial charge < -0.3 is 23.7 Å². The summed E-state index contributed by atoms with van der Waals surface area (Å²) in [4.78, 5) is 37.1. The summed E-state index contributed by atoms with van der Waals surface area (Å²) in [5.74, 6) is 0.00827. The summed E-state index contributed by atoms with van der Waals surface area (Å²) in [6, 6.07) is 18.4. The number of aliphatic hydroxyl groups is 1. The molecule has 0 unspecified atom stereocenters. The SMILES string of the molecule is Cc1c(-c2cccc(N(Cl)C(=O)c3nc4c(n3C)CCN(C(=O)OC(C)(C)C)C4)c2)cccc1-c1nc2cc(CO)cc(C#N)c2o1. The molecular weight excluding hydrogens is 620 g/mol. The molecule has 3 aromatic carbocycles. The topological polar surface area (TPSA) is 138 Å². The molecule has 11 nitrogen and oxygen atoms in total. The standard InChI is InChI=1S/C35H33ClN6O5/c1-20-25(10-7-11-26(20)32-39-27-15-21(19-43)14-23(17-37)30(27)46-32)22-8-6-9-24(16-22)42(36)33(44)31-38-28-18-41(13-12-29(28)40(31)5)34(45)47-35(2,3)4/h6-11,14-16,43H,12-13,18-19H2,1-5H3. The zero-order valence-electron chi connectivity index (χ0n) is 26.7. The van der Waals surface area contributed by atoms with Gasteiger partial charge in [-0.15, -0.1) is 0 Å². The third-order valence-electron chi connectivity index (χ3n) is 8.08. The molecule has 0 saturated carbocycles. The highest BCUT2D eigenvalue weighted by Crippen LogP contribution is 2.36. The van der Waals surface area contributed by atoms with Crippen LogP contribution in [0.3, 0.4) is 0 Å². The Bertz CT molecular complexity index is 2090. The van der Waals surface area contributed by atoms with Crippen LogP contribution in [0.4, 0.5) is 10.5 Å². The molecule has 0 saturated heterocycles. The fourth-order valence-corrected chi connectivity index (χ4v) is 5.94. The molecule has 0 spiro atoms. The normalized spacial score (nSPS) is 12.9. The number of hydrogen-bond donors (Lipinski definition) is 1. The molecule has 0 radical (unpaired) electrons. The van der Waals surface area contributed by atoms with Crippen LogP contribution in [-0.2, 0) is 31.4 Å². The number of carbonyl (C=O) groups is 2. The largest absolute Gasteiger partial charge is 0.444 e. The van der Waals surface area contributed by atoms with Crippen molar-refractivity contribution in [2.45, 2.75) is 52.9 Å². The molecule has 1 N–H and O–H groups in total. The van der Waals surface area contributed by atoms with Crippen molar-refractivity contribution in [3.05, 3.63) is 88.5 Å². The maximum absolute atomic E-state index is 13.7. The zero-order valence-corrected chi connectivity index (χ0v) is 27.4. The fourth-order valence-electron chi connectivity index (χ4n) is 5.76. The van der Waals surface area contributed by atoms with Crippen LogP contribution in [0.25, 0.3) is 33.7 Å². The van der Waals surface area contributed by atoms with Crippen molar-refractivity contribution in [3.8, 4) is 28.7 Å². The predicted molar refractivity (Wildman–Crippen MR) is 176 cm³/mol. The minimum atomic E-state index is -0.617. The number of ether oxygens (including phenoxy) is 1. The average molecular weight is 653 g/mol. The molecule has 47 heavy (non-hydrogen) atoms. The van der Waals surface area contributed by atoms with E-state index in [1.165, 1.54) is 0 Å². The molecule has 2 aromatic heterocycles. The number of carbonyl (C=O) groups excluding carboxylic acids is 2. The van der Waals surface area contributed by atoms with E-state index in [4.69, 9.17) is 20.9 Å². The molecule has 1 aliphatic rings. The Kier molecular flexibility index (Phi) is 8.26. The number of rotatable bonds is 5. The highest BCUT2D eigenvalue weighted by Gasteiger charge is 2.31. The van der Waals surface area contributed by atoms with Crippen molar-refractivity contribution in [1.82, 2.24) is 19.4 Å². The second-order valence-corrected chi connectivity index (χ2v) is 12.8. The first-order chi connectivity index (χ1) is 22.4. The first-order valence-electron chi connectivity index (χ1n) is 15.1. The number of aromatic nitrogens is 3. The van der Waals surface area contributed by atoms with Crippen molar-refractivity contribution >= 4 is 40.6 Å². The number of benzene rings is 3. The number of halogens is 1. The maximum Gasteiger partial charge on any atom is 0.410 e. The minimum Gasteiger partial charge on any atom is -0.444 e. The molecule has 240 valence electrons. The first-order valence-corrected chi connectivity index (χ1v) is 15.4. The lowest BCUT2D eigenvalue weighted by molar-refractivity contribution is 0.0220. The van der Waals surface area contributed by atoms with Crippen molar-refractivity contribution < 1.29 is 23.8 Å². The van der Waals surface area contributed by atoms with Gasteiger partial charge in [-0.05, 0) is 80.3 Å². The Hall–Kier alpha value is -5.18. The number of nitriles is 1. The van der Waals surface area contributed by atoms with Gasteiger partial charge in [-0.3, -0.25) is 4.79 Å². The van der Waals surface area contributed by atoms with Gasteiger partial charge in [0.05, 0.1) is 30.1 Å². The number of fused-ring (bicyclic) bond motifs is 2. The number of nitrogens with zero attached hydrogens (tertiary/aromatic N) is 6. The third-order valence-corrected chi connectivity index (χ3v) is 8.43. The minimum absolute atomic E-state index is 0.164. The summed E-state index contributed by atoms with van der Waals surface area (Å²) in [5, 5.41) is 19.2. The van der Waals surface area contributed by atoms with Gasteiger partial charge in [0.15, 0.2) is 5.58 Å². The smallest absolute Gasteiger partial charge is 0.410 e. The highest BCUT2D eigenvalue weighted by atomic mass is 35.5. The van der Waals surface area contributed by atoms with Crippen LogP contribution in [0, 0.1) is 18.3 Å². The van der Waals surface area contributed by atoms with E-state index in [0.29, 0.717) is 52.5 Å². The van der Waals surface area contributed by atoms with Crippen molar-refractivity contribution in [1.29, 1.82) is 5.26 Å². The molecule has 1 aliphatic heterocycles. The van der Waals surface area contributed by atoms with Gasteiger partial charge in [-0.2, -0.15) is 5.26 Å². The summed E-state index contributed by atoms with van der Waals surface area (Å²) >= 11 is 6.68. The fraction of sp³-hybridized carbons (Fsp3) is 0.286. The van der Waals surface area contributed by atoms with Crippen molar-refractivity contribution in [3.63, 3.8) is 0 Å². The maximum atomic E-state index is 13.7. The van der Waals surface area contributed by atoms with E-state index in [-0.39, 0.29) is 19.0 Å². The lowest BCUT2D eigenvalue weighted by Gasteiger charge is -2.29. The van der Waals surface area contributed by atoms with Gasteiger partial charge in [0, 0.05) is 43.0 Å². The summed E-state index contributed by atoms with van der Waals surface area (Å²) in [6.07, 6.45) is 0.106. The van der Waals surface area contributed by atoms with E-state index < -0.39 is 17.6 Å². The third kappa shape index (κ3) is 6.05. The number of amides is 2. The first kappa shape index (κ1) is 31.8. The molecule has 0 fully saturated rings. The highest BCUT2D eigenvalue weighted by molar-refractivity contribution is 6.38. The van der Waals surface area contributed by atoms with E-state index in [0.717, 1.165) is 32.4 Å². The Morgan fingerprint density at radius 1 is 1.13 bits per heavy atom. The van der Waals surface area contributed by atoms with Crippen LogP contribution < -0.4 is 4.42 Å². The van der Waals surface area contributed by atoms with E-state index >= 15 is 0 Å². The number of anilines is 1. The van der Waals surface area contributed by atoms with E-state index in [9.17, 15) is 20.0 Å². The van der Waals surface area contributed by atoms with Gasteiger partial charge in [0.2, 0.25) is 11.7 Å². The van der Waals surface area contributed by atoms with Gasteiger partial charge in [-0.25, -0.2) is 19.2 Å². The Labute approximate surface area is 276 Å². The molecule has 0 bridgehead atoms. The van der Waals surface area contributed by atoms with Gasteiger partial charge >= 0.3 is 12.0 Å². The Morgan fingerprint density at radius 2 is 1.87 bits per heavy atom. The Balaban J connectivity index is 1.27. The number of oxazole rings is 1. The quantitative estimate of drug-likeness (QED) is 0.208. The Morgan fingerprint density at radius 3 is 2.60 bits per heavy atom. The van der Waals surface area contributed by atoms with Crippen LogP contribution >= 0.6 is 11.8 Å². The van der Waals surface area contributed by atoms with Crippen molar-refractivity contribution in [2.75, 3.05) is 11.0 Å². The average Bonchev–Trinajstić information content (AvgIpc) is 3.63. The van der Waals surface area contributed by atoms with E-state index in [1.54, 1.807) is 34.7 Å². The van der Waals surface area contributed by atoms with E-state index in [1.807, 2.05) is 64.1 Å². The summed E-state index contributed by atoms with van der Waals surface area (Å²) in [5.41, 5.74) is 6.33. The molecule has 6 rings (SSSR count). The number of imidazole rings is 1. The number of aliphatic hydroxyl groups excluding tert-OH is 1. The monoisotopic (exact) mass is 652 g/mol. The lowest BCUT2D eigenvalue weighted by Crippen LogP contribution is -2.40. The van der Waals surface area contributed by atoms with Crippen LogP contribution in [0.1, 0.15) is 59.5 Å². The molecule has 3 heterocycles. The molecule has 0 aliphatic carbocycles. The lowest BCUT2D eigenvalue weighted by atomic mass is 9.96. The molecule has 12 heteroatoms. The van der Waals surface area contributed by atoms with Gasteiger partial charge in [-0.1, -0.05) is 24.3 Å². The summed E-state index contributed by atoms with van der Waals surface area (Å²) in [6.45, 7) is 7.87. The van der Waals surface area contributed by atoms with Crippen LogP contribution in [0.15, 0.2) is 59.0 Å². The molecular formula is C35H33ClN6O5.